The number of carbonyl (C=O) groups excluding carboxylic acids is 2. The number of rotatable bonds is 6. The molecule has 152 valence electrons. The molecule has 0 spiro atoms. The SMILES string of the molecule is CC(C(=O)N1CCC(Cc2ccc(C(=O)NC3CC3)cc2)CC1)c1ccccc1. The third-order valence-electron chi connectivity index (χ3n) is 6.25. The van der Waals surface area contributed by atoms with Gasteiger partial charge in [0.2, 0.25) is 5.91 Å². The van der Waals surface area contributed by atoms with Crippen LogP contribution in [0, 0.1) is 5.92 Å². The molecule has 1 heterocycles. The average Bonchev–Trinajstić information content (AvgIpc) is 3.58. The lowest BCUT2D eigenvalue weighted by Gasteiger charge is -2.34. The number of hydrogen-bond acceptors (Lipinski definition) is 2. The molecule has 2 fully saturated rings. The van der Waals surface area contributed by atoms with Crippen molar-refractivity contribution in [3.05, 3.63) is 71.3 Å². The Morgan fingerprint density at radius 1 is 0.966 bits per heavy atom. The van der Waals surface area contributed by atoms with Crippen molar-refractivity contribution in [3.63, 3.8) is 0 Å². The van der Waals surface area contributed by atoms with Crippen molar-refractivity contribution >= 4 is 11.8 Å². The van der Waals surface area contributed by atoms with Crippen molar-refractivity contribution in [2.24, 2.45) is 5.92 Å². The van der Waals surface area contributed by atoms with E-state index in [1.165, 1.54) is 5.56 Å². The molecule has 29 heavy (non-hydrogen) atoms. The van der Waals surface area contributed by atoms with Crippen LogP contribution in [0.25, 0.3) is 0 Å². The number of carbonyl (C=O) groups is 2. The molecule has 2 aromatic carbocycles. The zero-order valence-electron chi connectivity index (χ0n) is 17.1. The molecule has 0 aromatic heterocycles. The Labute approximate surface area is 173 Å². The van der Waals surface area contributed by atoms with Gasteiger partial charge >= 0.3 is 0 Å². The van der Waals surface area contributed by atoms with E-state index in [1.54, 1.807) is 0 Å². The van der Waals surface area contributed by atoms with E-state index in [-0.39, 0.29) is 17.7 Å². The third-order valence-corrected chi connectivity index (χ3v) is 6.25. The molecule has 4 nitrogen and oxygen atoms in total. The van der Waals surface area contributed by atoms with Crippen molar-refractivity contribution in [3.8, 4) is 0 Å². The van der Waals surface area contributed by atoms with Crippen molar-refractivity contribution < 1.29 is 9.59 Å². The van der Waals surface area contributed by atoms with E-state index in [1.807, 2.05) is 54.3 Å². The fourth-order valence-electron chi connectivity index (χ4n) is 4.14. The lowest BCUT2D eigenvalue weighted by atomic mass is 9.89. The van der Waals surface area contributed by atoms with Crippen molar-refractivity contribution in [2.45, 2.75) is 51.0 Å². The van der Waals surface area contributed by atoms with E-state index in [4.69, 9.17) is 0 Å². The summed E-state index contributed by atoms with van der Waals surface area (Å²) >= 11 is 0. The van der Waals surface area contributed by atoms with Gasteiger partial charge in [-0.2, -0.15) is 0 Å². The molecule has 1 saturated heterocycles. The van der Waals surface area contributed by atoms with Crippen molar-refractivity contribution in [1.82, 2.24) is 10.2 Å². The predicted octanol–water partition coefficient (Wildman–Crippen LogP) is 4.16. The van der Waals surface area contributed by atoms with Crippen LogP contribution in [0.5, 0.6) is 0 Å². The number of amides is 2. The maximum Gasteiger partial charge on any atom is 0.251 e. The summed E-state index contributed by atoms with van der Waals surface area (Å²) in [6.07, 6.45) is 5.30. The first-order chi connectivity index (χ1) is 14.1. The van der Waals surface area contributed by atoms with Gasteiger partial charge in [-0.25, -0.2) is 0 Å². The van der Waals surface area contributed by atoms with Crippen LogP contribution in [0.3, 0.4) is 0 Å². The predicted molar refractivity (Wildman–Crippen MR) is 115 cm³/mol. The smallest absolute Gasteiger partial charge is 0.251 e. The highest BCUT2D eigenvalue weighted by Gasteiger charge is 2.27. The van der Waals surface area contributed by atoms with Gasteiger partial charge in [-0.1, -0.05) is 42.5 Å². The lowest BCUT2D eigenvalue weighted by molar-refractivity contribution is -0.133. The Bertz CT molecular complexity index is 835. The normalized spacial score (nSPS) is 18.3. The standard InChI is InChI=1S/C25H30N2O2/c1-18(21-5-3-2-4-6-21)25(29)27-15-13-20(14-16-27)17-19-7-9-22(10-8-19)24(28)26-23-11-12-23/h2-10,18,20,23H,11-17H2,1H3,(H,26,28). The molecule has 2 aliphatic rings. The molecule has 1 unspecified atom stereocenters. The number of benzene rings is 2. The van der Waals surface area contributed by atoms with Gasteiger partial charge in [0.05, 0.1) is 5.92 Å². The van der Waals surface area contributed by atoms with Gasteiger partial charge in [0.1, 0.15) is 0 Å². The Morgan fingerprint density at radius 2 is 1.62 bits per heavy atom. The largest absolute Gasteiger partial charge is 0.349 e. The topological polar surface area (TPSA) is 49.4 Å². The fourth-order valence-corrected chi connectivity index (χ4v) is 4.14. The molecule has 1 N–H and O–H groups in total. The molecule has 1 saturated carbocycles. The molecule has 1 aliphatic carbocycles. The number of nitrogens with one attached hydrogen (secondary N) is 1. The van der Waals surface area contributed by atoms with E-state index in [9.17, 15) is 9.59 Å². The van der Waals surface area contributed by atoms with Gasteiger partial charge in [-0.15, -0.1) is 0 Å². The van der Waals surface area contributed by atoms with E-state index in [0.717, 1.165) is 56.3 Å². The van der Waals surface area contributed by atoms with Gasteiger partial charge in [0, 0.05) is 24.7 Å². The van der Waals surface area contributed by atoms with Gasteiger partial charge in [0.15, 0.2) is 0 Å². The molecular weight excluding hydrogens is 360 g/mol. The minimum Gasteiger partial charge on any atom is -0.349 e. The summed E-state index contributed by atoms with van der Waals surface area (Å²) in [7, 11) is 0. The highest BCUT2D eigenvalue weighted by atomic mass is 16.2. The molecule has 1 aliphatic heterocycles. The Kier molecular flexibility index (Phi) is 5.98. The van der Waals surface area contributed by atoms with E-state index in [0.29, 0.717) is 12.0 Å². The molecular formula is C25H30N2O2. The zero-order valence-corrected chi connectivity index (χ0v) is 17.1. The van der Waals surface area contributed by atoms with E-state index >= 15 is 0 Å². The quantitative estimate of drug-likeness (QED) is 0.805. The Hall–Kier alpha value is -2.62. The molecule has 0 bridgehead atoms. The van der Waals surface area contributed by atoms with Crippen LogP contribution in [-0.4, -0.2) is 35.8 Å². The van der Waals surface area contributed by atoms with Crippen LogP contribution in [-0.2, 0) is 11.2 Å². The van der Waals surface area contributed by atoms with Crippen LogP contribution in [0.1, 0.15) is 60.0 Å². The first-order valence-corrected chi connectivity index (χ1v) is 10.8. The summed E-state index contributed by atoms with van der Waals surface area (Å²) in [5.41, 5.74) is 3.11. The fraction of sp³-hybridized carbons (Fsp3) is 0.440. The van der Waals surface area contributed by atoms with Crippen molar-refractivity contribution in [2.75, 3.05) is 13.1 Å². The second-order valence-corrected chi connectivity index (χ2v) is 8.55. The van der Waals surface area contributed by atoms with Gasteiger partial charge in [-0.05, 0) is 68.2 Å². The van der Waals surface area contributed by atoms with Crippen molar-refractivity contribution in [1.29, 1.82) is 0 Å². The van der Waals surface area contributed by atoms with Gasteiger partial charge < -0.3 is 10.2 Å². The summed E-state index contributed by atoms with van der Waals surface area (Å²) in [5.74, 6) is 0.790. The summed E-state index contributed by atoms with van der Waals surface area (Å²) in [5, 5.41) is 3.03. The average molecular weight is 391 g/mol. The molecule has 0 radical (unpaired) electrons. The van der Waals surface area contributed by atoms with Crippen LogP contribution >= 0.6 is 0 Å². The van der Waals surface area contributed by atoms with Crippen LogP contribution < -0.4 is 5.32 Å². The minimum absolute atomic E-state index is 0.0402. The highest BCUT2D eigenvalue weighted by Crippen LogP contribution is 2.25. The first-order valence-electron chi connectivity index (χ1n) is 10.8. The van der Waals surface area contributed by atoms with Crippen LogP contribution in [0.2, 0.25) is 0 Å². The lowest BCUT2D eigenvalue weighted by Crippen LogP contribution is -2.40. The molecule has 2 amide bonds. The number of nitrogens with zero attached hydrogens (tertiary/aromatic N) is 1. The van der Waals surface area contributed by atoms with E-state index < -0.39 is 0 Å². The van der Waals surface area contributed by atoms with Gasteiger partial charge in [-0.3, -0.25) is 9.59 Å². The third kappa shape index (κ3) is 5.06. The summed E-state index contributed by atoms with van der Waals surface area (Å²) in [4.78, 5) is 27.0. The molecule has 4 rings (SSSR count). The van der Waals surface area contributed by atoms with E-state index in [2.05, 4.69) is 17.4 Å². The molecule has 1 atom stereocenters. The van der Waals surface area contributed by atoms with Gasteiger partial charge in [0.25, 0.3) is 5.91 Å². The van der Waals surface area contributed by atoms with Crippen LogP contribution in [0.15, 0.2) is 54.6 Å². The maximum atomic E-state index is 12.8. The minimum atomic E-state index is -0.0814. The van der Waals surface area contributed by atoms with Crippen LogP contribution in [0.4, 0.5) is 0 Å². The summed E-state index contributed by atoms with van der Waals surface area (Å²) < 4.78 is 0. The molecule has 4 heteroatoms. The second kappa shape index (κ2) is 8.81. The monoisotopic (exact) mass is 390 g/mol. The number of likely N-dealkylation sites (tertiary alicyclic amines) is 1. The highest BCUT2D eigenvalue weighted by molar-refractivity contribution is 5.94. The number of hydrogen-bond donors (Lipinski definition) is 1. The maximum absolute atomic E-state index is 12.8. The first kappa shape index (κ1) is 19.7. The Balaban J connectivity index is 1.26. The Morgan fingerprint density at radius 3 is 2.24 bits per heavy atom. The summed E-state index contributed by atoms with van der Waals surface area (Å²) in [6.45, 7) is 3.68. The number of piperidine rings is 1. The zero-order chi connectivity index (χ0) is 20.2. The second-order valence-electron chi connectivity index (χ2n) is 8.55. The summed E-state index contributed by atoms with van der Waals surface area (Å²) in [6, 6.07) is 18.5. The molecule has 2 aromatic rings.